The number of para-hydroxylation sites is 1. The first kappa shape index (κ1) is 16.7. The third kappa shape index (κ3) is 3.52. The molecule has 1 amide bonds. The summed E-state index contributed by atoms with van der Waals surface area (Å²) in [6.07, 6.45) is 0. The number of halogens is 2. The van der Waals surface area contributed by atoms with Gasteiger partial charge in [-0.05, 0) is 24.3 Å². The molecule has 0 unspecified atom stereocenters. The Morgan fingerprint density at radius 2 is 2.00 bits per heavy atom. The van der Waals surface area contributed by atoms with Gasteiger partial charge in [-0.25, -0.2) is 0 Å². The van der Waals surface area contributed by atoms with Crippen molar-refractivity contribution in [3.63, 3.8) is 0 Å². The molecule has 0 radical (unpaired) electrons. The zero-order valence-corrected chi connectivity index (χ0v) is 14.4. The van der Waals surface area contributed by atoms with Crippen LogP contribution in [0.3, 0.4) is 0 Å². The predicted octanol–water partition coefficient (Wildman–Crippen LogP) is 3.87. The summed E-state index contributed by atoms with van der Waals surface area (Å²) >= 11 is 12.1. The van der Waals surface area contributed by atoms with Crippen LogP contribution in [0.15, 0.2) is 36.4 Å². The molecule has 0 N–H and O–H groups in total. The number of fused-ring (bicyclic) bond motifs is 1. The largest absolute Gasteiger partial charge is 0.490 e. The van der Waals surface area contributed by atoms with Crippen molar-refractivity contribution in [3.8, 4) is 17.2 Å². The van der Waals surface area contributed by atoms with Crippen LogP contribution in [0, 0.1) is 0 Å². The molecule has 2 aromatic rings. The monoisotopic (exact) mass is 367 g/mol. The lowest BCUT2D eigenvalue weighted by atomic mass is 10.2. The number of carbonyl (C=O) groups is 1. The second kappa shape index (κ2) is 7.20. The molecule has 24 heavy (non-hydrogen) atoms. The molecule has 2 aromatic carbocycles. The number of hydrogen-bond acceptors (Lipinski definition) is 4. The maximum Gasteiger partial charge on any atom is 0.253 e. The Kier molecular flexibility index (Phi) is 5.02. The first-order valence-corrected chi connectivity index (χ1v) is 8.04. The number of carbonyl (C=O) groups excluding carboxylic acids is 1. The summed E-state index contributed by atoms with van der Waals surface area (Å²) in [5.74, 6) is 1.36. The molecule has 126 valence electrons. The zero-order valence-electron chi connectivity index (χ0n) is 12.9. The third-order valence-corrected chi connectivity index (χ3v) is 4.13. The molecule has 5 nitrogen and oxygen atoms in total. The number of hydrogen-bond donors (Lipinski definition) is 0. The van der Waals surface area contributed by atoms with Crippen molar-refractivity contribution in [2.45, 2.75) is 0 Å². The fourth-order valence-electron chi connectivity index (χ4n) is 2.27. The van der Waals surface area contributed by atoms with Gasteiger partial charge in [0, 0.05) is 12.6 Å². The van der Waals surface area contributed by atoms with Crippen LogP contribution in [0.1, 0.15) is 10.4 Å². The van der Waals surface area contributed by atoms with Crippen molar-refractivity contribution >= 4 is 29.1 Å². The first-order valence-electron chi connectivity index (χ1n) is 7.28. The van der Waals surface area contributed by atoms with E-state index in [-0.39, 0.29) is 12.7 Å². The van der Waals surface area contributed by atoms with E-state index >= 15 is 0 Å². The Labute approximate surface area is 149 Å². The Morgan fingerprint density at radius 1 is 1.21 bits per heavy atom. The number of benzene rings is 2. The van der Waals surface area contributed by atoms with E-state index in [2.05, 4.69) is 0 Å². The molecule has 7 heteroatoms. The van der Waals surface area contributed by atoms with Crippen LogP contribution in [0.4, 0.5) is 0 Å². The third-order valence-electron chi connectivity index (χ3n) is 3.54. The van der Waals surface area contributed by atoms with Gasteiger partial charge in [-0.1, -0.05) is 35.3 Å². The minimum atomic E-state index is -0.182. The van der Waals surface area contributed by atoms with Crippen molar-refractivity contribution in [1.82, 2.24) is 4.90 Å². The summed E-state index contributed by atoms with van der Waals surface area (Å²) in [4.78, 5) is 14.0. The molecule has 0 bridgehead atoms. The predicted molar refractivity (Wildman–Crippen MR) is 91.5 cm³/mol. The first-order chi connectivity index (χ1) is 11.6. The zero-order chi connectivity index (χ0) is 17.1. The minimum absolute atomic E-state index is 0.105. The SMILES string of the molecule is CN(CCOc1ccccc1Cl)C(=O)c1cc(Cl)c2c(c1)OCO2. The lowest BCUT2D eigenvalue weighted by molar-refractivity contribution is 0.0773. The molecule has 0 saturated heterocycles. The van der Waals surface area contributed by atoms with Gasteiger partial charge in [0.05, 0.1) is 16.6 Å². The quantitative estimate of drug-likeness (QED) is 0.804. The van der Waals surface area contributed by atoms with Crippen molar-refractivity contribution in [2.75, 3.05) is 27.0 Å². The molecule has 1 aliphatic rings. The summed E-state index contributed by atoms with van der Waals surface area (Å²) in [6.45, 7) is 0.828. The van der Waals surface area contributed by atoms with Gasteiger partial charge in [0.15, 0.2) is 11.5 Å². The summed E-state index contributed by atoms with van der Waals surface area (Å²) in [7, 11) is 1.69. The number of nitrogens with zero attached hydrogens (tertiary/aromatic N) is 1. The van der Waals surface area contributed by atoms with Crippen LogP contribution in [-0.2, 0) is 0 Å². The van der Waals surface area contributed by atoms with Gasteiger partial charge in [-0.2, -0.15) is 0 Å². The van der Waals surface area contributed by atoms with Crippen LogP contribution in [0.25, 0.3) is 0 Å². The van der Waals surface area contributed by atoms with Crippen LogP contribution in [0.5, 0.6) is 17.2 Å². The Bertz CT molecular complexity index is 766. The highest BCUT2D eigenvalue weighted by Crippen LogP contribution is 2.39. The van der Waals surface area contributed by atoms with Gasteiger partial charge in [-0.15, -0.1) is 0 Å². The summed E-state index contributed by atoms with van der Waals surface area (Å²) < 4.78 is 16.1. The van der Waals surface area contributed by atoms with Crippen LogP contribution >= 0.6 is 23.2 Å². The maximum absolute atomic E-state index is 12.5. The molecule has 0 fully saturated rings. The van der Waals surface area contributed by atoms with Crippen LogP contribution in [-0.4, -0.2) is 37.8 Å². The molecule has 0 atom stereocenters. The van der Waals surface area contributed by atoms with E-state index in [4.69, 9.17) is 37.4 Å². The van der Waals surface area contributed by atoms with Gasteiger partial charge < -0.3 is 19.1 Å². The Morgan fingerprint density at radius 3 is 2.79 bits per heavy atom. The maximum atomic E-state index is 12.5. The van der Waals surface area contributed by atoms with Gasteiger partial charge in [0.2, 0.25) is 6.79 Å². The lowest BCUT2D eigenvalue weighted by Gasteiger charge is -2.18. The van der Waals surface area contributed by atoms with Gasteiger partial charge in [0.25, 0.3) is 5.91 Å². The molecule has 0 saturated carbocycles. The number of rotatable bonds is 5. The summed E-state index contributed by atoms with van der Waals surface area (Å²) in [5.41, 5.74) is 0.435. The van der Waals surface area contributed by atoms with Crippen molar-refractivity contribution in [3.05, 3.63) is 52.0 Å². The summed E-state index contributed by atoms with van der Waals surface area (Å²) in [5, 5.41) is 0.892. The van der Waals surface area contributed by atoms with E-state index in [1.807, 2.05) is 12.1 Å². The molecule has 3 rings (SSSR count). The fraction of sp³-hybridized carbons (Fsp3) is 0.235. The summed E-state index contributed by atoms with van der Waals surface area (Å²) in [6, 6.07) is 10.4. The number of ether oxygens (including phenoxy) is 3. The number of amides is 1. The van der Waals surface area contributed by atoms with Crippen molar-refractivity contribution in [2.24, 2.45) is 0 Å². The minimum Gasteiger partial charge on any atom is -0.490 e. The molecule has 1 aliphatic heterocycles. The lowest BCUT2D eigenvalue weighted by Crippen LogP contribution is -2.30. The second-order valence-corrected chi connectivity index (χ2v) is 6.01. The van der Waals surface area contributed by atoms with E-state index in [1.54, 1.807) is 36.2 Å². The number of likely N-dealkylation sites (N-methyl/N-ethyl adjacent to an activating group) is 1. The van der Waals surface area contributed by atoms with E-state index in [0.29, 0.717) is 46.0 Å². The van der Waals surface area contributed by atoms with Crippen molar-refractivity contribution in [1.29, 1.82) is 0 Å². The highest BCUT2D eigenvalue weighted by Gasteiger charge is 2.22. The average Bonchev–Trinajstić information content (AvgIpc) is 3.05. The molecule has 0 spiro atoms. The van der Waals surface area contributed by atoms with Gasteiger partial charge >= 0.3 is 0 Å². The molecule has 0 aromatic heterocycles. The molecule has 1 heterocycles. The normalized spacial score (nSPS) is 12.1. The van der Waals surface area contributed by atoms with E-state index in [1.165, 1.54) is 0 Å². The smallest absolute Gasteiger partial charge is 0.253 e. The van der Waals surface area contributed by atoms with Gasteiger partial charge in [-0.3, -0.25) is 4.79 Å². The standard InChI is InChI=1S/C17H15Cl2NO4/c1-20(6-7-22-14-5-3-2-4-12(14)18)17(21)11-8-13(19)16-15(9-11)23-10-24-16/h2-5,8-9H,6-7,10H2,1H3. The molecular weight excluding hydrogens is 353 g/mol. The van der Waals surface area contributed by atoms with Crippen LogP contribution in [0.2, 0.25) is 10.0 Å². The van der Waals surface area contributed by atoms with E-state index in [0.717, 1.165) is 0 Å². The average molecular weight is 368 g/mol. The van der Waals surface area contributed by atoms with E-state index < -0.39 is 0 Å². The Hall–Kier alpha value is -2.11. The van der Waals surface area contributed by atoms with Gasteiger partial charge in [0.1, 0.15) is 12.4 Å². The molecule has 0 aliphatic carbocycles. The van der Waals surface area contributed by atoms with E-state index in [9.17, 15) is 4.79 Å². The molecular formula is C17H15Cl2NO4. The highest BCUT2D eigenvalue weighted by atomic mass is 35.5. The fourth-order valence-corrected chi connectivity index (χ4v) is 2.72. The van der Waals surface area contributed by atoms with Crippen LogP contribution < -0.4 is 14.2 Å². The topological polar surface area (TPSA) is 48.0 Å². The second-order valence-electron chi connectivity index (χ2n) is 5.20. The highest BCUT2D eigenvalue weighted by molar-refractivity contribution is 6.32. The van der Waals surface area contributed by atoms with Crippen molar-refractivity contribution < 1.29 is 19.0 Å². The Balaban J connectivity index is 1.61.